The molecule has 0 saturated heterocycles. The smallest absolute Gasteiger partial charge is 0.339 e. The van der Waals surface area contributed by atoms with Gasteiger partial charge >= 0.3 is 5.97 Å². The predicted molar refractivity (Wildman–Crippen MR) is 53.4 cm³/mol. The van der Waals surface area contributed by atoms with Gasteiger partial charge in [0.1, 0.15) is 0 Å². The minimum Gasteiger partial charge on any atom is -0.465 e. The van der Waals surface area contributed by atoms with Gasteiger partial charge in [0.05, 0.1) is 35.9 Å². The average molecular weight is 226 g/mol. The first-order valence-electron chi connectivity index (χ1n) is 4.05. The lowest BCUT2D eigenvalue weighted by molar-refractivity contribution is 0.0597. The molecular weight excluding hydrogens is 218 g/mol. The SMILES string of the molecule is COC(=O)c1c(Cl)cc(C#N)cc1CO. The van der Waals surface area contributed by atoms with Crippen molar-refractivity contribution < 1.29 is 14.6 Å². The van der Waals surface area contributed by atoms with E-state index in [2.05, 4.69) is 4.74 Å². The third kappa shape index (κ3) is 2.27. The number of ether oxygens (including phenoxy) is 1. The van der Waals surface area contributed by atoms with E-state index in [-0.39, 0.29) is 28.3 Å². The molecule has 1 aromatic carbocycles. The molecule has 0 aromatic heterocycles. The van der Waals surface area contributed by atoms with E-state index in [0.717, 1.165) is 0 Å². The Morgan fingerprint density at radius 1 is 1.67 bits per heavy atom. The van der Waals surface area contributed by atoms with Crippen molar-refractivity contribution in [3.63, 3.8) is 0 Å². The Kier molecular flexibility index (Phi) is 3.67. The molecule has 1 rings (SSSR count). The largest absolute Gasteiger partial charge is 0.465 e. The summed E-state index contributed by atoms with van der Waals surface area (Å²) in [6, 6.07) is 4.63. The van der Waals surface area contributed by atoms with Crippen molar-refractivity contribution in [2.75, 3.05) is 7.11 Å². The van der Waals surface area contributed by atoms with Crippen LogP contribution < -0.4 is 0 Å². The number of methoxy groups -OCH3 is 1. The van der Waals surface area contributed by atoms with Crippen molar-refractivity contribution >= 4 is 17.6 Å². The fourth-order valence-corrected chi connectivity index (χ4v) is 1.50. The van der Waals surface area contributed by atoms with Crippen LogP contribution in [0.25, 0.3) is 0 Å². The summed E-state index contributed by atoms with van der Waals surface area (Å²) in [5.41, 5.74) is 0.670. The normalized spacial score (nSPS) is 9.47. The van der Waals surface area contributed by atoms with Crippen LogP contribution in [0, 0.1) is 11.3 Å². The molecule has 1 aromatic rings. The zero-order valence-electron chi connectivity index (χ0n) is 7.95. The second-order valence-electron chi connectivity index (χ2n) is 2.75. The average Bonchev–Trinajstić information content (AvgIpc) is 2.26. The number of nitrogens with zero attached hydrogens (tertiary/aromatic N) is 1. The zero-order valence-corrected chi connectivity index (χ0v) is 8.71. The van der Waals surface area contributed by atoms with Gasteiger partial charge in [0.25, 0.3) is 0 Å². The number of hydrogen-bond donors (Lipinski definition) is 1. The Balaban J connectivity index is 3.39. The Morgan fingerprint density at radius 3 is 2.80 bits per heavy atom. The van der Waals surface area contributed by atoms with Gasteiger partial charge in [-0.3, -0.25) is 0 Å². The quantitative estimate of drug-likeness (QED) is 0.775. The van der Waals surface area contributed by atoms with E-state index in [1.165, 1.54) is 19.2 Å². The van der Waals surface area contributed by atoms with E-state index in [1.807, 2.05) is 6.07 Å². The van der Waals surface area contributed by atoms with Gasteiger partial charge in [0.2, 0.25) is 0 Å². The Morgan fingerprint density at radius 2 is 2.33 bits per heavy atom. The Hall–Kier alpha value is -1.57. The van der Waals surface area contributed by atoms with Gasteiger partial charge < -0.3 is 9.84 Å². The minimum absolute atomic E-state index is 0.0978. The van der Waals surface area contributed by atoms with Crippen molar-refractivity contribution in [3.8, 4) is 6.07 Å². The van der Waals surface area contributed by atoms with Crippen molar-refractivity contribution in [2.24, 2.45) is 0 Å². The molecule has 0 spiro atoms. The van der Waals surface area contributed by atoms with Crippen LogP contribution in [0.1, 0.15) is 21.5 Å². The summed E-state index contributed by atoms with van der Waals surface area (Å²) in [7, 11) is 1.22. The van der Waals surface area contributed by atoms with Gasteiger partial charge in [0, 0.05) is 0 Å². The molecule has 0 aliphatic carbocycles. The maximum Gasteiger partial charge on any atom is 0.339 e. The van der Waals surface area contributed by atoms with Crippen LogP contribution in [0.5, 0.6) is 0 Å². The minimum atomic E-state index is -0.631. The summed E-state index contributed by atoms with van der Waals surface area (Å²) in [4.78, 5) is 11.3. The number of hydrogen-bond acceptors (Lipinski definition) is 4. The van der Waals surface area contributed by atoms with Crippen molar-refractivity contribution in [1.82, 2.24) is 0 Å². The van der Waals surface area contributed by atoms with E-state index >= 15 is 0 Å². The number of esters is 1. The second-order valence-corrected chi connectivity index (χ2v) is 3.16. The van der Waals surface area contributed by atoms with Gasteiger partial charge in [-0.1, -0.05) is 11.6 Å². The lowest BCUT2D eigenvalue weighted by Crippen LogP contribution is -2.07. The van der Waals surface area contributed by atoms with Gasteiger partial charge in [-0.15, -0.1) is 0 Å². The van der Waals surface area contributed by atoms with Crippen molar-refractivity contribution in [1.29, 1.82) is 5.26 Å². The molecule has 0 radical (unpaired) electrons. The molecule has 0 fully saturated rings. The van der Waals surface area contributed by atoms with Crippen LogP contribution >= 0.6 is 11.6 Å². The second kappa shape index (κ2) is 4.78. The van der Waals surface area contributed by atoms with Gasteiger partial charge in [-0.2, -0.15) is 5.26 Å². The van der Waals surface area contributed by atoms with Crippen LogP contribution in [-0.2, 0) is 11.3 Å². The number of carbonyl (C=O) groups is 1. The number of aliphatic hydroxyl groups is 1. The number of carbonyl (C=O) groups excluding carboxylic acids is 1. The van der Waals surface area contributed by atoms with Gasteiger partial charge in [0.15, 0.2) is 0 Å². The lowest BCUT2D eigenvalue weighted by atomic mass is 10.0. The molecule has 0 heterocycles. The highest BCUT2D eigenvalue weighted by atomic mass is 35.5. The maximum atomic E-state index is 11.3. The molecule has 78 valence electrons. The molecule has 0 amide bonds. The molecule has 0 unspecified atom stereocenters. The number of aliphatic hydroxyl groups excluding tert-OH is 1. The zero-order chi connectivity index (χ0) is 11.4. The summed E-state index contributed by atoms with van der Waals surface area (Å²) in [5.74, 6) is -0.631. The number of rotatable bonds is 2. The monoisotopic (exact) mass is 225 g/mol. The molecule has 0 bridgehead atoms. The van der Waals surface area contributed by atoms with Crippen LogP contribution in [0.15, 0.2) is 12.1 Å². The summed E-state index contributed by atoms with van der Waals surface area (Å²) in [6.07, 6.45) is 0. The highest BCUT2D eigenvalue weighted by molar-refractivity contribution is 6.33. The molecule has 15 heavy (non-hydrogen) atoms. The molecule has 5 heteroatoms. The Labute approximate surface area is 91.7 Å². The van der Waals surface area contributed by atoms with Crippen LogP contribution in [-0.4, -0.2) is 18.2 Å². The highest BCUT2D eigenvalue weighted by Gasteiger charge is 2.16. The number of nitriles is 1. The van der Waals surface area contributed by atoms with Gasteiger partial charge in [-0.25, -0.2) is 4.79 Å². The molecule has 4 nitrogen and oxygen atoms in total. The lowest BCUT2D eigenvalue weighted by Gasteiger charge is -2.07. The maximum absolute atomic E-state index is 11.3. The number of halogens is 1. The Bertz CT molecular complexity index is 437. The van der Waals surface area contributed by atoms with E-state index < -0.39 is 5.97 Å². The van der Waals surface area contributed by atoms with E-state index in [9.17, 15) is 4.79 Å². The van der Waals surface area contributed by atoms with E-state index in [1.54, 1.807) is 0 Å². The number of benzene rings is 1. The highest BCUT2D eigenvalue weighted by Crippen LogP contribution is 2.23. The third-order valence-corrected chi connectivity index (χ3v) is 2.16. The summed E-state index contributed by atoms with van der Waals surface area (Å²) >= 11 is 5.80. The van der Waals surface area contributed by atoms with Crippen LogP contribution in [0.3, 0.4) is 0 Å². The standard InChI is InChI=1S/C10H8ClNO3/c1-15-10(14)9-7(5-13)2-6(4-12)3-8(9)11/h2-3,13H,5H2,1H3. The first kappa shape index (κ1) is 11.5. The molecular formula is C10H8ClNO3. The molecule has 0 atom stereocenters. The third-order valence-electron chi connectivity index (χ3n) is 1.86. The molecule has 0 aliphatic rings. The molecule has 0 saturated carbocycles. The molecule has 0 aliphatic heterocycles. The molecule has 1 N–H and O–H groups in total. The first-order chi connectivity index (χ1) is 7.13. The summed E-state index contributed by atoms with van der Waals surface area (Å²) in [6.45, 7) is -0.375. The predicted octanol–water partition coefficient (Wildman–Crippen LogP) is 1.49. The topological polar surface area (TPSA) is 70.3 Å². The van der Waals surface area contributed by atoms with Crippen molar-refractivity contribution in [2.45, 2.75) is 6.61 Å². The van der Waals surface area contributed by atoms with Crippen LogP contribution in [0.2, 0.25) is 5.02 Å². The summed E-state index contributed by atoms with van der Waals surface area (Å²) < 4.78 is 4.52. The van der Waals surface area contributed by atoms with Gasteiger partial charge in [-0.05, 0) is 17.7 Å². The fraction of sp³-hybridized carbons (Fsp3) is 0.200. The first-order valence-corrected chi connectivity index (χ1v) is 4.43. The van der Waals surface area contributed by atoms with E-state index in [0.29, 0.717) is 0 Å². The van der Waals surface area contributed by atoms with Crippen molar-refractivity contribution in [3.05, 3.63) is 33.8 Å². The fourth-order valence-electron chi connectivity index (χ4n) is 1.18. The van der Waals surface area contributed by atoms with Crippen LogP contribution in [0.4, 0.5) is 0 Å². The van der Waals surface area contributed by atoms with E-state index in [4.69, 9.17) is 22.0 Å². The summed E-state index contributed by atoms with van der Waals surface area (Å²) in [5, 5.41) is 17.8.